The van der Waals surface area contributed by atoms with Gasteiger partial charge in [0.25, 0.3) is 0 Å². The molecule has 2 aliphatic rings. The highest BCUT2D eigenvalue weighted by molar-refractivity contribution is 5.93. The number of benzene rings is 1. The van der Waals surface area contributed by atoms with Crippen LogP contribution in [0.15, 0.2) is 12.1 Å². The molecule has 0 aliphatic carbocycles. The molecular formula is C20H30ClFN4O2. The van der Waals surface area contributed by atoms with Gasteiger partial charge in [-0.05, 0) is 48.9 Å². The summed E-state index contributed by atoms with van der Waals surface area (Å²) in [5.41, 5.74) is 1.87. The summed E-state index contributed by atoms with van der Waals surface area (Å²) in [6, 6.07) is 3.37. The lowest BCUT2D eigenvalue weighted by atomic mass is 9.96. The summed E-state index contributed by atoms with van der Waals surface area (Å²) < 4.78 is 14.7. The summed E-state index contributed by atoms with van der Waals surface area (Å²) >= 11 is 0. The molecule has 1 aromatic rings. The summed E-state index contributed by atoms with van der Waals surface area (Å²) in [4.78, 5) is 26.6. The molecule has 3 amide bonds. The number of hydrogen-bond acceptors (Lipinski definition) is 3. The predicted molar refractivity (Wildman–Crippen MR) is 110 cm³/mol. The van der Waals surface area contributed by atoms with E-state index in [4.69, 9.17) is 0 Å². The van der Waals surface area contributed by atoms with Crippen molar-refractivity contribution in [2.24, 2.45) is 11.8 Å². The zero-order valence-electron chi connectivity index (χ0n) is 16.5. The highest BCUT2D eigenvalue weighted by Gasteiger charge is 2.29. The number of fused-ring (bicyclic) bond motifs is 1. The average molecular weight is 413 g/mol. The zero-order valence-corrected chi connectivity index (χ0v) is 17.3. The Bertz CT molecular complexity index is 714. The van der Waals surface area contributed by atoms with Gasteiger partial charge in [-0.3, -0.25) is 4.79 Å². The van der Waals surface area contributed by atoms with Crippen molar-refractivity contribution in [3.63, 3.8) is 0 Å². The van der Waals surface area contributed by atoms with Crippen LogP contribution in [0, 0.1) is 17.7 Å². The van der Waals surface area contributed by atoms with Crippen LogP contribution in [-0.2, 0) is 17.8 Å². The lowest BCUT2D eigenvalue weighted by Crippen LogP contribution is -2.48. The Morgan fingerprint density at radius 1 is 1.36 bits per heavy atom. The smallest absolute Gasteiger partial charge is 0.317 e. The summed E-state index contributed by atoms with van der Waals surface area (Å²) in [6.45, 7) is 7.10. The zero-order chi connectivity index (χ0) is 19.4. The van der Waals surface area contributed by atoms with E-state index in [1.165, 1.54) is 0 Å². The van der Waals surface area contributed by atoms with E-state index in [9.17, 15) is 14.0 Å². The van der Waals surface area contributed by atoms with Crippen molar-refractivity contribution in [1.82, 2.24) is 15.5 Å². The first-order valence-electron chi connectivity index (χ1n) is 9.80. The Morgan fingerprint density at radius 3 is 2.89 bits per heavy atom. The monoisotopic (exact) mass is 412 g/mol. The Kier molecular flexibility index (Phi) is 8.07. The number of piperidine rings is 1. The van der Waals surface area contributed by atoms with Crippen molar-refractivity contribution >= 4 is 30.0 Å². The van der Waals surface area contributed by atoms with Gasteiger partial charge in [-0.25, -0.2) is 9.18 Å². The molecule has 8 heteroatoms. The molecule has 6 nitrogen and oxygen atoms in total. The summed E-state index contributed by atoms with van der Waals surface area (Å²) in [5, 5.41) is 8.86. The lowest BCUT2D eigenvalue weighted by Gasteiger charge is -2.32. The summed E-state index contributed by atoms with van der Waals surface area (Å²) in [6.07, 6.45) is 2.10. The van der Waals surface area contributed by atoms with Gasteiger partial charge >= 0.3 is 6.03 Å². The van der Waals surface area contributed by atoms with Gasteiger partial charge in [0, 0.05) is 26.2 Å². The molecule has 1 fully saturated rings. The van der Waals surface area contributed by atoms with E-state index in [-0.39, 0.29) is 41.8 Å². The van der Waals surface area contributed by atoms with Crippen molar-refractivity contribution in [2.75, 3.05) is 31.5 Å². The minimum absolute atomic E-state index is 0. The van der Waals surface area contributed by atoms with Crippen LogP contribution in [0.2, 0.25) is 0 Å². The second kappa shape index (κ2) is 10.1. The van der Waals surface area contributed by atoms with Crippen LogP contribution in [0.4, 0.5) is 14.9 Å². The molecule has 2 heterocycles. The van der Waals surface area contributed by atoms with Crippen molar-refractivity contribution in [3.05, 3.63) is 29.1 Å². The second-order valence-electron chi connectivity index (χ2n) is 7.85. The Labute approximate surface area is 172 Å². The van der Waals surface area contributed by atoms with Gasteiger partial charge in [0.05, 0.1) is 11.6 Å². The number of hydrogen-bond donors (Lipinski definition) is 3. The van der Waals surface area contributed by atoms with Crippen LogP contribution in [0.5, 0.6) is 0 Å². The van der Waals surface area contributed by atoms with E-state index < -0.39 is 0 Å². The molecule has 1 saturated heterocycles. The molecule has 3 N–H and O–H groups in total. The SMILES string of the molecule is CC(C)CNC(=O)N1CCCC(C(=O)Nc2ccc3c(c2F)CCNC3)C1.Cl. The van der Waals surface area contributed by atoms with Gasteiger partial charge < -0.3 is 20.9 Å². The molecule has 2 aliphatic heterocycles. The van der Waals surface area contributed by atoms with Crippen LogP contribution in [0.25, 0.3) is 0 Å². The first kappa shape index (κ1) is 22.4. The molecule has 1 atom stereocenters. The van der Waals surface area contributed by atoms with Crippen molar-refractivity contribution < 1.29 is 14.0 Å². The normalized spacial score (nSPS) is 18.9. The maximum absolute atomic E-state index is 14.7. The molecule has 1 aromatic carbocycles. The van der Waals surface area contributed by atoms with E-state index in [2.05, 4.69) is 16.0 Å². The number of rotatable bonds is 4. The Balaban J connectivity index is 0.00000280. The second-order valence-corrected chi connectivity index (χ2v) is 7.85. The molecule has 3 rings (SSSR count). The molecule has 0 aromatic heterocycles. The van der Waals surface area contributed by atoms with E-state index in [0.717, 1.165) is 18.5 Å². The highest BCUT2D eigenvalue weighted by atomic mass is 35.5. The van der Waals surface area contributed by atoms with Crippen LogP contribution >= 0.6 is 12.4 Å². The predicted octanol–water partition coefficient (Wildman–Crippen LogP) is 2.91. The van der Waals surface area contributed by atoms with Gasteiger partial charge in [0.1, 0.15) is 5.82 Å². The standard InChI is InChI=1S/C20H29FN4O2.ClH/c1-13(2)10-23-20(27)25-9-3-4-15(12-25)19(26)24-17-6-5-14-11-22-8-7-16(14)18(17)21;/h5-6,13,15,22H,3-4,7-12H2,1-2H3,(H,23,27)(H,24,26);1H. The largest absolute Gasteiger partial charge is 0.338 e. The highest BCUT2D eigenvalue weighted by Crippen LogP contribution is 2.26. The quantitative estimate of drug-likeness (QED) is 0.711. The fourth-order valence-corrected chi connectivity index (χ4v) is 3.64. The van der Waals surface area contributed by atoms with Crippen molar-refractivity contribution in [2.45, 2.75) is 39.7 Å². The molecule has 0 radical (unpaired) electrons. The molecule has 28 heavy (non-hydrogen) atoms. The van der Waals surface area contributed by atoms with Gasteiger partial charge in [-0.2, -0.15) is 0 Å². The number of carbonyl (C=O) groups excluding carboxylic acids is 2. The topological polar surface area (TPSA) is 73.5 Å². The summed E-state index contributed by atoms with van der Waals surface area (Å²) in [7, 11) is 0. The van der Waals surface area contributed by atoms with Crippen molar-refractivity contribution in [1.29, 1.82) is 0 Å². The van der Waals surface area contributed by atoms with Crippen LogP contribution < -0.4 is 16.0 Å². The fraction of sp³-hybridized carbons (Fsp3) is 0.600. The molecule has 156 valence electrons. The minimum atomic E-state index is -0.329. The van der Waals surface area contributed by atoms with Gasteiger partial charge in [-0.1, -0.05) is 19.9 Å². The van der Waals surface area contributed by atoms with E-state index in [1.54, 1.807) is 11.0 Å². The molecular weight excluding hydrogens is 383 g/mol. The Morgan fingerprint density at radius 2 is 2.14 bits per heavy atom. The molecule has 1 unspecified atom stereocenters. The first-order valence-corrected chi connectivity index (χ1v) is 9.80. The lowest BCUT2D eigenvalue weighted by molar-refractivity contribution is -0.121. The van der Waals surface area contributed by atoms with E-state index in [0.29, 0.717) is 50.5 Å². The Hall–Kier alpha value is -1.86. The van der Waals surface area contributed by atoms with Crippen LogP contribution in [0.1, 0.15) is 37.8 Å². The number of nitrogens with one attached hydrogen (secondary N) is 3. The number of likely N-dealkylation sites (tertiary alicyclic amines) is 1. The summed E-state index contributed by atoms with van der Waals surface area (Å²) in [5.74, 6) is -0.491. The first-order chi connectivity index (χ1) is 13.0. The van der Waals surface area contributed by atoms with E-state index in [1.807, 2.05) is 19.9 Å². The number of carbonyl (C=O) groups is 2. The number of urea groups is 1. The average Bonchev–Trinajstić information content (AvgIpc) is 2.68. The molecule has 0 saturated carbocycles. The van der Waals surface area contributed by atoms with E-state index >= 15 is 0 Å². The number of amides is 3. The maximum atomic E-state index is 14.7. The third kappa shape index (κ3) is 5.35. The fourth-order valence-electron chi connectivity index (χ4n) is 3.64. The van der Waals surface area contributed by atoms with Crippen molar-refractivity contribution in [3.8, 4) is 0 Å². The van der Waals surface area contributed by atoms with Crippen LogP contribution in [0.3, 0.4) is 0 Å². The third-order valence-electron chi connectivity index (χ3n) is 5.21. The minimum Gasteiger partial charge on any atom is -0.338 e. The van der Waals surface area contributed by atoms with Gasteiger partial charge in [0.2, 0.25) is 5.91 Å². The van der Waals surface area contributed by atoms with Gasteiger partial charge in [0.15, 0.2) is 0 Å². The number of anilines is 1. The number of nitrogens with zero attached hydrogens (tertiary/aromatic N) is 1. The maximum Gasteiger partial charge on any atom is 0.317 e. The third-order valence-corrected chi connectivity index (χ3v) is 5.21. The molecule has 0 bridgehead atoms. The molecule has 0 spiro atoms. The number of halogens is 2. The van der Waals surface area contributed by atoms with Gasteiger partial charge in [-0.15, -0.1) is 12.4 Å². The van der Waals surface area contributed by atoms with Crippen LogP contribution in [-0.4, -0.2) is 43.0 Å².